The average molecular weight is 501 g/mol. The van der Waals surface area contributed by atoms with Crippen molar-refractivity contribution < 1.29 is 27.4 Å². The summed E-state index contributed by atoms with van der Waals surface area (Å²) in [4.78, 5) is 14.5. The van der Waals surface area contributed by atoms with Gasteiger partial charge >= 0.3 is 5.97 Å². The Labute approximate surface area is 202 Å². The van der Waals surface area contributed by atoms with Gasteiger partial charge in [-0.2, -0.15) is 8.42 Å². The normalized spacial score (nSPS) is 13.6. The minimum Gasteiger partial charge on any atom is -0.497 e. The van der Waals surface area contributed by atoms with Crippen LogP contribution in [0.3, 0.4) is 0 Å². The third-order valence-electron chi connectivity index (χ3n) is 5.19. The zero-order chi connectivity index (χ0) is 24.3. The van der Waals surface area contributed by atoms with Crippen molar-refractivity contribution in [1.82, 2.24) is 0 Å². The van der Waals surface area contributed by atoms with Gasteiger partial charge in [0.25, 0.3) is 10.0 Å². The Morgan fingerprint density at radius 3 is 2.47 bits per heavy atom. The molecule has 8 nitrogen and oxygen atoms in total. The molecule has 176 valence electrons. The van der Waals surface area contributed by atoms with Crippen molar-refractivity contribution in [1.29, 1.82) is 0 Å². The highest BCUT2D eigenvalue weighted by atomic mass is 35.5. The van der Waals surface area contributed by atoms with Crippen LogP contribution in [0.2, 0.25) is 5.02 Å². The Hall–Kier alpha value is -3.56. The second kappa shape index (κ2) is 9.74. The second-order valence-corrected chi connectivity index (χ2v) is 9.17. The lowest BCUT2D eigenvalue weighted by molar-refractivity contribution is 0.0513. The summed E-state index contributed by atoms with van der Waals surface area (Å²) in [5.74, 6) is 0.465. The number of anilines is 1. The summed E-state index contributed by atoms with van der Waals surface area (Å²) >= 11 is 6.42. The molecule has 1 aliphatic heterocycles. The Morgan fingerprint density at radius 2 is 1.74 bits per heavy atom. The summed E-state index contributed by atoms with van der Waals surface area (Å²) in [6.07, 6.45) is 0. The maximum Gasteiger partial charge on any atom is 0.341 e. The molecule has 0 bridgehead atoms. The molecule has 0 atom stereocenters. The minimum atomic E-state index is -3.85. The minimum absolute atomic E-state index is 0.0690. The molecule has 3 aromatic rings. The summed E-state index contributed by atoms with van der Waals surface area (Å²) in [5.41, 5.74) is 1.22. The van der Waals surface area contributed by atoms with Gasteiger partial charge < -0.3 is 19.1 Å². The molecule has 0 fully saturated rings. The van der Waals surface area contributed by atoms with Crippen LogP contribution in [-0.4, -0.2) is 47.6 Å². The fourth-order valence-electron chi connectivity index (χ4n) is 3.57. The van der Waals surface area contributed by atoms with Crippen molar-refractivity contribution in [2.75, 3.05) is 32.3 Å². The number of ether oxygens (including phenoxy) is 3. The van der Waals surface area contributed by atoms with Crippen molar-refractivity contribution in [3.05, 3.63) is 82.9 Å². The number of carbonyl (C=O) groups excluding carboxylic acids is 1. The number of esters is 1. The van der Waals surface area contributed by atoms with Crippen LogP contribution < -0.4 is 14.4 Å². The molecule has 0 spiro atoms. The van der Waals surface area contributed by atoms with Crippen LogP contribution >= 0.6 is 11.6 Å². The topological polar surface area (TPSA) is 94.5 Å². The summed E-state index contributed by atoms with van der Waals surface area (Å²) < 4.78 is 45.1. The predicted molar refractivity (Wildman–Crippen MR) is 129 cm³/mol. The molecule has 1 heterocycles. The maximum absolute atomic E-state index is 12.7. The van der Waals surface area contributed by atoms with Crippen molar-refractivity contribution in [3.63, 3.8) is 0 Å². The van der Waals surface area contributed by atoms with Gasteiger partial charge in [-0.1, -0.05) is 35.9 Å². The molecule has 4 rings (SSSR count). The van der Waals surface area contributed by atoms with Gasteiger partial charge in [0, 0.05) is 11.6 Å². The zero-order valence-corrected chi connectivity index (χ0v) is 20.0. The predicted octanol–water partition coefficient (Wildman–Crippen LogP) is 4.17. The van der Waals surface area contributed by atoms with E-state index >= 15 is 0 Å². The molecule has 34 heavy (non-hydrogen) atoms. The first-order valence-electron chi connectivity index (χ1n) is 10.2. The van der Waals surface area contributed by atoms with E-state index in [0.29, 0.717) is 27.8 Å². The van der Waals surface area contributed by atoms with Gasteiger partial charge in [0.15, 0.2) is 5.84 Å². The molecule has 0 aromatic heterocycles. The highest BCUT2D eigenvalue weighted by Crippen LogP contribution is 2.33. The van der Waals surface area contributed by atoms with Gasteiger partial charge in [-0.15, -0.1) is 4.40 Å². The molecule has 1 aliphatic rings. The molecule has 0 radical (unpaired) electrons. The van der Waals surface area contributed by atoms with Crippen LogP contribution in [-0.2, 0) is 14.8 Å². The molecule has 0 saturated heterocycles. The number of hydrogen-bond acceptors (Lipinski definition) is 7. The van der Waals surface area contributed by atoms with E-state index in [1.165, 1.54) is 20.3 Å². The first kappa shape index (κ1) is 23.6. The fraction of sp³-hybridized carbons (Fsp3) is 0.167. The van der Waals surface area contributed by atoms with E-state index < -0.39 is 16.0 Å². The van der Waals surface area contributed by atoms with E-state index in [0.717, 1.165) is 0 Å². The fourth-order valence-corrected chi connectivity index (χ4v) is 5.02. The number of halogens is 1. The maximum atomic E-state index is 12.7. The lowest BCUT2D eigenvalue weighted by Crippen LogP contribution is -2.34. The Balaban J connectivity index is 1.61. The van der Waals surface area contributed by atoms with Crippen molar-refractivity contribution in [2.24, 2.45) is 4.40 Å². The van der Waals surface area contributed by atoms with Gasteiger partial charge in [-0.05, 0) is 36.4 Å². The smallest absolute Gasteiger partial charge is 0.341 e. The number of rotatable bonds is 7. The number of methoxy groups -OCH3 is 2. The Morgan fingerprint density at radius 1 is 1.00 bits per heavy atom. The summed E-state index contributed by atoms with van der Waals surface area (Å²) in [6.45, 7) is 0.0388. The van der Waals surface area contributed by atoms with Gasteiger partial charge in [0.1, 0.15) is 28.6 Å². The number of carbonyl (C=O) groups is 1. The van der Waals surface area contributed by atoms with E-state index in [1.807, 2.05) is 0 Å². The largest absolute Gasteiger partial charge is 0.497 e. The quantitative estimate of drug-likeness (QED) is 0.449. The molecule has 0 N–H and O–H groups in total. The highest BCUT2D eigenvalue weighted by Gasteiger charge is 2.33. The van der Waals surface area contributed by atoms with Crippen molar-refractivity contribution >= 4 is 39.1 Å². The van der Waals surface area contributed by atoms with Gasteiger partial charge in [-0.25, -0.2) is 4.79 Å². The van der Waals surface area contributed by atoms with E-state index in [2.05, 4.69) is 4.40 Å². The zero-order valence-electron chi connectivity index (χ0n) is 18.4. The molecule has 0 saturated carbocycles. The van der Waals surface area contributed by atoms with E-state index in [1.54, 1.807) is 65.6 Å². The van der Waals surface area contributed by atoms with E-state index in [4.69, 9.17) is 25.8 Å². The first-order chi connectivity index (χ1) is 16.4. The van der Waals surface area contributed by atoms with E-state index in [-0.39, 0.29) is 29.4 Å². The molecule has 0 amide bonds. The number of sulfonamides is 1. The molecule has 0 unspecified atom stereocenters. The van der Waals surface area contributed by atoms with Gasteiger partial charge in [0.2, 0.25) is 0 Å². The third kappa shape index (κ3) is 4.57. The molecule has 10 heteroatoms. The van der Waals surface area contributed by atoms with Crippen molar-refractivity contribution in [2.45, 2.75) is 4.90 Å². The number of benzene rings is 3. The molecular formula is C24H21ClN2O6S. The molecular weight excluding hydrogens is 480 g/mol. The van der Waals surface area contributed by atoms with Gasteiger partial charge in [-0.3, -0.25) is 0 Å². The SMILES string of the molecule is COc1ccc(C(=O)OCCN(C2=NS(=O)(=O)c3ccccc32)c2ccccc2Cl)c(OC)c1. The Kier molecular flexibility index (Phi) is 6.76. The standard InChI is InChI=1S/C24H21ClN2O6S/c1-31-16-11-12-17(21(15-16)32-2)24(28)33-14-13-27(20-9-5-4-8-19(20)25)23-18-7-3-6-10-22(18)34(29,30)26-23/h3-12,15H,13-14H2,1-2H3. The van der Waals surface area contributed by atoms with Crippen LogP contribution in [0.1, 0.15) is 15.9 Å². The number of amidine groups is 1. The lowest BCUT2D eigenvalue weighted by Gasteiger charge is -2.25. The average Bonchev–Trinajstić information content (AvgIpc) is 3.12. The van der Waals surface area contributed by atoms with E-state index in [9.17, 15) is 13.2 Å². The summed E-state index contributed by atoms with van der Waals surface area (Å²) in [5, 5.41) is 0.398. The highest BCUT2D eigenvalue weighted by molar-refractivity contribution is 7.90. The van der Waals surface area contributed by atoms with Crippen LogP contribution in [0, 0.1) is 0 Å². The van der Waals surface area contributed by atoms with Crippen LogP contribution in [0.25, 0.3) is 0 Å². The van der Waals surface area contributed by atoms with Crippen LogP contribution in [0.5, 0.6) is 11.5 Å². The molecule has 3 aromatic carbocycles. The van der Waals surface area contributed by atoms with Gasteiger partial charge in [0.05, 0.1) is 31.5 Å². The monoisotopic (exact) mass is 500 g/mol. The molecule has 0 aliphatic carbocycles. The first-order valence-corrected chi connectivity index (χ1v) is 12.0. The second-order valence-electron chi connectivity index (χ2n) is 7.19. The van der Waals surface area contributed by atoms with Crippen molar-refractivity contribution in [3.8, 4) is 11.5 Å². The third-order valence-corrected chi connectivity index (χ3v) is 6.83. The Bertz CT molecular complexity index is 1370. The number of nitrogens with zero attached hydrogens (tertiary/aromatic N) is 2. The number of para-hydroxylation sites is 1. The summed E-state index contributed by atoms with van der Waals surface area (Å²) in [7, 11) is -0.894. The number of hydrogen-bond donors (Lipinski definition) is 0. The van der Waals surface area contributed by atoms with Crippen LogP contribution in [0.15, 0.2) is 76.0 Å². The number of fused-ring (bicyclic) bond motifs is 1. The summed E-state index contributed by atoms with van der Waals surface area (Å²) in [6, 6.07) is 18.3. The lowest BCUT2D eigenvalue weighted by atomic mass is 10.1. The van der Waals surface area contributed by atoms with Crippen LogP contribution in [0.4, 0.5) is 5.69 Å².